The van der Waals surface area contributed by atoms with Gasteiger partial charge in [-0.15, -0.1) is 0 Å². The first kappa shape index (κ1) is 18.0. The van der Waals surface area contributed by atoms with E-state index < -0.39 is 5.60 Å². The first-order valence-corrected chi connectivity index (χ1v) is 8.59. The number of hydrogen-bond acceptors (Lipinski definition) is 3. The minimum absolute atomic E-state index is 0.0729. The first-order valence-electron chi connectivity index (χ1n) is 8.59. The Morgan fingerprint density at radius 1 is 1.30 bits per heavy atom. The Balaban J connectivity index is 1.91. The van der Waals surface area contributed by atoms with Gasteiger partial charge in [0, 0.05) is 19.6 Å². The van der Waals surface area contributed by atoms with E-state index in [-0.39, 0.29) is 11.9 Å². The van der Waals surface area contributed by atoms with E-state index in [1.807, 2.05) is 20.9 Å². The molecule has 4 nitrogen and oxygen atoms in total. The lowest BCUT2D eigenvalue weighted by Crippen LogP contribution is -2.49. The number of benzene rings is 1. The normalized spacial score (nSPS) is 19.1. The fourth-order valence-electron chi connectivity index (χ4n) is 3.35. The van der Waals surface area contributed by atoms with Crippen LogP contribution in [0.2, 0.25) is 0 Å². The molecule has 128 valence electrons. The number of aliphatic hydroxyl groups is 1. The predicted molar refractivity (Wildman–Crippen MR) is 93.2 cm³/mol. The summed E-state index contributed by atoms with van der Waals surface area (Å²) in [7, 11) is 1.85. The third-order valence-corrected chi connectivity index (χ3v) is 4.79. The van der Waals surface area contributed by atoms with Crippen molar-refractivity contribution in [2.24, 2.45) is 0 Å². The van der Waals surface area contributed by atoms with E-state index >= 15 is 0 Å². The summed E-state index contributed by atoms with van der Waals surface area (Å²) in [6.07, 6.45) is 3.03. The number of aryl methyl sites for hydroxylation is 1. The number of hydrogen-bond donors (Lipinski definition) is 1. The van der Waals surface area contributed by atoms with E-state index in [9.17, 15) is 9.90 Å². The number of rotatable bonds is 6. The Bertz CT molecular complexity index is 519. The van der Waals surface area contributed by atoms with Crippen LogP contribution in [0.1, 0.15) is 44.7 Å². The second-order valence-electron chi connectivity index (χ2n) is 7.20. The van der Waals surface area contributed by atoms with E-state index in [1.54, 1.807) is 4.90 Å². The monoisotopic (exact) mass is 318 g/mol. The van der Waals surface area contributed by atoms with Crippen molar-refractivity contribution in [1.29, 1.82) is 0 Å². The Morgan fingerprint density at radius 3 is 2.48 bits per heavy atom. The number of likely N-dealkylation sites (tertiary alicyclic amines) is 1. The Kier molecular flexibility index (Phi) is 5.82. The van der Waals surface area contributed by atoms with Crippen LogP contribution in [0, 0.1) is 0 Å². The zero-order valence-corrected chi connectivity index (χ0v) is 14.9. The third-order valence-electron chi connectivity index (χ3n) is 4.79. The lowest BCUT2D eigenvalue weighted by molar-refractivity contribution is -0.132. The molecule has 0 bridgehead atoms. The number of likely N-dealkylation sites (N-methyl/N-ethyl adjacent to an activating group) is 1. The van der Waals surface area contributed by atoms with Gasteiger partial charge in [-0.25, -0.2) is 0 Å². The molecule has 1 aliphatic rings. The van der Waals surface area contributed by atoms with Crippen LogP contribution in [0.4, 0.5) is 0 Å². The summed E-state index contributed by atoms with van der Waals surface area (Å²) in [6.45, 7) is 7.71. The maximum Gasteiger partial charge on any atom is 0.236 e. The molecule has 1 fully saturated rings. The minimum atomic E-state index is -0.759. The topological polar surface area (TPSA) is 43.8 Å². The van der Waals surface area contributed by atoms with Crippen LogP contribution in [0.5, 0.6) is 0 Å². The molecule has 0 spiro atoms. The Labute approximate surface area is 140 Å². The van der Waals surface area contributed by atoms with Crippen molar-refractivity contribution in [3.05, 3.63) is 35.4 Å². The molecule has 1 N–H and O–H groups in total. The summed E-state index contributed by atoms with van der Waals surface area (Å²) >= 11 is 0. The SMILES string of the molecule is CCc1ccc(CN(C)C(=O)CN2CCCC2C(C)(C)O)cc1. The van der Waals surface area contributed by atoms with Crippen molar-refractivity contribution in [3.63, 3.8) is 0 Å². The average Bonchev–Trinajstić information content (AvgIpc) is 2.96. The molecule has 4 heteroatoms. The van der Waals surface area contributed by atoms with Gasteiger partial charge in [-0.2, -0.15) is 0 Å². The summed E-state index contributed by atoms with van der Waals surface area (Å²) in [5.74, 6) is 0.112. The molecule has 1 saturated heterocycles. The summed E-state index contributed by atoms with van der Waals surface area (Å²) in [5, 5.41) is 10.3. The molecule has 1 unspecified atom stereocenters. The second kappa shape index (κ2) is 7.45. The molecule has 1 aromatic rings. The van der Waals surface area contributed by atoms with Gasteiger partial charge >= 0.3 is 0 Å². The fraction of sp³-hybridized carbons (Fsp3) is 0.632. The molecule has 2 rings (SSSR count). The molecule has 1 aromatic carbocycles. The summed E-state index contributed by atoms with van der Waals surface area (Å²) in [4.78, 5) is 16.4. The van der Waals surface area contributed by atoms with Crippen LogP contribution < -0.4 is 0 Å². The van der Waals surface area contributed by atoms with Crippen LogP contribution in [-0.2, 0) is 17.8 Å². The molecule has 0 aromatic heterocycles. The smallest absolute Gasteiger partial charge is 0.236 e. The van der Waals surface area contributed by atoms with Crippen molar-refractivity contribution in [2.45, 2.75) is 58.2 Å². The van der Waals surface area contributed by atoms with Crippen LogP contribution in [0.3, 0.4) is 0 Å². The van der Waals surface area contributed by atoms with Gasteiger partial charge in [-0.3, -0.25) is 9.69 Å². The molecule has 23 heavy (non-hydrogen) atoms. The highest BCUT2D eigenvalue weighted by molar-refractivity contribution is 5.78. The van der Waals surface area contributed by atoms with Crippen molar-refractivity contribution in [3.8, 4) is 0 Å². The van der Waals surface area contributed by atoms with Crippen LogP contribution in [0.15, 0.2) is 24.3 Å². The standard InChI is InChI=1S/C19H30N2O2/c1-5-15-8-10-16(11-9-15)13-20(4)18(22)14-21-12-6-7-17(21)19(2,3)23/h8-11,17,23H,5-7,12-14H2,1-4H3. The van der Waals surface area contributed by atoms with E-state index in [1.165, 1.54) is 5.56 Å². The van der Waals surface area contributed by atoms with Gasteiger partial charge in [0.25, 0.3) is 0 Å². The maximum absolute atomic E-state index is 12.5. The predicted octanol–water partition coefficient (Wildman–Crippen LogP) is 2.44. The Morgan fingerprint density at radius 2 is 1.91 bits per heavy atom. The fourth-order valence-corrected chi connectivity index (χ4v) is 3.35. The van der Waals surface area contributed by atoms with Crippen molar-refractivity contribution in [1.82, 2.24) is 9.80 Å². The molecular formula is C19H30N2O2. The highest BCUT2D eigenvalue weighted by Gasteiger charge is 2.36. The van der Waals surface area contributed by atoms with Crippen molar-refractivity contribution in [2.75, 3.05) is 20.1 Å². The average molecular weight is 318 g/mol. The van der Waals surface area contributed by atoms with Crippen LogP contribution >= 0.6 is 0 Å². The first-order chi connectivity index (χ1) is 10.8. The number of carbonyl (C=O) groups excluding carboxylic acids is 1. The largest absolute Gasteiger partial charge is 0.389 e. The van der Waals surface area contributed by atoms with Crippen molar-refractivity contribution < 1.29 is 9.90 Å². The van der Waals surface area contributed by atoms with E-state index in [0.29, 0.717) is 13.1 Å². The summed E-state index contributed by atoms with van der Waals surface area (Å²) < 4.78 is 0. The van der Waals surface area contributed by atoms with E-state index in [0.717, 1.165) is 31.4 Å². The number of carbonyl (C=O) groups is 1. The number of nitrogens with zero attached hydrogens (tertiary/aromatic N) is 2. The summed E-state index contributed by atoms with van der Waals surface area (Å²) in [5.41, 5.74) is 1.71. The van der Waals surface area contributed by atoms with E-state index in [4.69, 9.17) is 0 Å². The van der Waals surface area contributed by atoms with Gasteiger partial charge in [0.1, 0.15) is 0 Å². The molecule has 0 aliphatic carbocycles. The van der Waals surface area contributed by atoms with Crippen LogP contribution in [0.25, 0.3) is 0 Å². The number of amides is 1. The van der Waals surface area contributed by atoms with E-state index in [2.05, 4.69) is 36.1 Å². The summed E-state index contributed by atoms with van der Waals surface area (Å²) in [6, 6.07) is 8.51. The second-order valence-corrected chi connectivity index (χ2v) is 7.20. The zero-order chi connectivity index (χ0) is 17.0. The molecule has 1 heterocycles. The van der Waals surface area contributed by atoms with Gasteiger partial charge in [-0.1, -0.05) is 31.2 Å². The molecule has 1 amide bonds. The highest BCUT2D eigenvalue weighted by Crippen LogP contribution is 2.26. The lowest BCUT2D eigenvalue weighted by Gasteiger charge is -2.34. The van der Waals surface area contributed by atoms with Gasteiger partial charge in [0.05, 0.1) is 12.1 Å². The third kappa shape index (κ3) is 4.79. The molecule has 1 atom stereocenters. The highest BCUT2D eigenvalue weighted by atomic mass is 16.3. The molecular weight excluding hydrogens is 288 g/mol. The minimum Gasteiger partial charge on any atom is -0.389 e. The maximum atomic E-state index is 12.5. The van der Waals surface area contributed by atoms with Gasteiger partial charge in [-0.05, 0) is 50.8 Å². The van der Waals surface area contributed by atoms with Crippen molar-refractivity contribution >= 4 is 5.91 Å². The molecule has 0 saturated carbocycles. The van der Waals surface area contributed by atoms with Gasteiger partial charge < -0.3 is 10.0 Å². The quantitative estimate of drug-likeness (QED) is 0.876. The van der Waals surface area contributed by atoms with Gasteiger partial charge in [0.2, 0.25) is 5.91 Å². The zero-order valence-electron chi connectivity index (χ0n) is 14.9. The van der Waals surface area contributed by atoms with Gasteiger partial charge in [0.15, 0.2) is 0 Å². The van der Waals surface area contributed by atoms with Crippen LogP contribution in [-0.4, -0.2) is 52.6 Å². The Hall–Kier alpha value is -1.39. The molecule has 0 radical (unpaired) electrons. The lowest BCUT2D eigenvalue weighted by atomic mass is 9.97. The molecule has 1 aliphatic heterocycles.